The minimum atomic E-state index is -2.26. The number of carbonyl (C=O) groups excluding carboxylic acids is 1. The number of ketones is 1. The van der Waals surface area contributed by atoms with Crippen molar-refractivity contribution < 1.29 is 33.7 Å². The zero-order valence-electron chi connectivity index (χ0n) is 16.2. The van der Waals surface area contributed by atoms with E-state index in [-0.39, 0.29) is 24.8 Å². The second-order valence-corrected chi connectivity index (χ2v) is 9.57. The van der Waals surface area contributed by atoms with Crippen molar-refractivity contribution in [3.63, 3.8) is 0 Å². The molecule has 5 nitrogen and oxygen atoms in total. The van der Waals surface area contributed by atoms with Crippen molar-refractivity contribution in [1.29, 1.82) is 0 Å². The van der Waals surface area contributed by atoms with Gasteiger partial charge in [-0.2, -0.15) is 0 Å². The van der Waals surface area contributed by atoms with Crippen molar-refractivity contribution in [2.24, 2.45) is 28.6 Å². The lowest BCUT2D eigenvalue weighted by atomic mass is 9.44. The molecule has 3 saturated carbocycles. The Balaban J connectivity index is 1.88. The van der Waals surface area contributed by atoms with Crippen LogP contribution in [0.2, 0.25) is 0 Å². The van der Waals surface area contributed by atoms with Gasteiger partial charge in [0.05, 0.1) is 6.10 Å². The van der Waals surface area contributed by atoms with Crippen molar-refractivity contribution in [1.82, 2.24) is 0 Å². The Morgan fingerprint density at radius 2 is 1.89 bits per heavy atom. The summed E-state index contributed by atoms with van der Waals surface area (Å²) in [4.78, 5) is 23.7. The molecule has 7 heteroatoms. The molecule has 0 spiro atoms. The molecule has 154 valence electrons. The maximum atomic E-state index is 16.8. The van der Waals surface area contributed by atoms with E-state index in [2.05, 4.69) is 0 Å². The number of rotatable bonds is 1. The summed E-state index contributed by atoms with van der Waals surface area (Å²) in [5.41, 5.74) is -7.14. The third kappa shape index (κ3) is 1.92. The number of fused-ring (bicyclic) bond motifs is 5. The average Bonchev–Trinajstić information content (AvgIpc) is 2.81. The molecule has 3 N–H and O–H groups in total. The Kier molecular flexibility index (Phi) is 3.88. The molecule has 0 bridgehead atoms. The van der Waals surface area contributed by atoms with Crippen LogP contribution in [0.1, 0.15) is 40.0 Å². The van der Waals surface area contributed by atoms with E-state index >= 15 is 8.78 Å². The number of carbonyl (C=O) groups is 2. The number of halogens is 2. The SMILES string of the molecule is C[C@@H]1C[C@H]2C3C[C@H](F)C4=CC(=O)C=C[C@]4(C)[C@@]3(F)[C@@H](O)C[C@]2(C)[C@@]1(O)C(=O)O. The zero-order chi connectivity index (χ0) is 20.9. The molecule has 4 aliphatic rings. The van der Waals surface area contributed by atoms with Gasteiger partial charge in [0.15, 0.2) is 17.1 Å². The summed E-state index contributed by atoms with van der Waals surface area (Å²) in [5.74, 6) is -4.07. The van der Waals surface area contributed by atoms with Crippen LogP contribution < -0.4 is 0 Å². The molecular weight excluding hydrogens is 370 g/mol. The monoisotopic (exact) mass is 396 g/mol. The first kappa shape index (κ1) is 19.7. The molecule has 0 aromatic carbocycles. The third-order valence-corrected chi connectivity index (χ3v) is 8.54. The predicted molar refractivity (Wildman–Crippen MR) is 95.8 cm³/mol. The van der Waals surface area contributed by atoms with Crippen LogP contribution in [0.25, 0.3) is 0 Å². The molecule has 4 aliphatic carbocycles. The van der Waals surface area contributed by atoms with Crippen molar-refractivity contribution >= 4 is 11.8 Å². The number of allylic oxidation sites excluding steroid dienone is 4. The van der Waals surface area contributed by atoms with E-state index in [1.165, 1.54) is 19.1 Å². The molecule has 0 aromatic heterocycles. The highest BCUT2D eigenvalue weighted by atomic mass is 19.1. The van der Waals surface area contributed by atoms with Gasteiger partial charge in [0.2, 0.25) is 0 Å². The van der Waals surface area contributed by atoms with Gasteiger partial charge < -0.3 is 15.3 Å². The Morgan fingerprint density at radius 1 is 1.25 bits per heavy atom. The van der Waals surface area contributed by atoms with Gasteiger partial charge in [0.25, 0.3) is 0 Å². The zero-order valence-corrected chi connectivity index (χ0v) is 16.2. The van der Waals surface area contributed by atoms with E-state index < -0.39 is 63.9 Å². The molecule has 0 aliphatic heterocycles. The fourth-order valence-electron chi connectivity index (χ4n) is 7.00. The molecular formula is C21H26F2O5. The summed E-state index contributed by atoms with van der Waals surface area (Å²) in [6.45, 7) is 4.67. The number of hydrogen-bond donors (Lipinski definition) is 3. The van der Waals surface area contributed by atoms with E-state index in [0.717, 1.165) is 6.08 Å². The number of aliphatic carboxylic acids is 1. The largest absolute Gasteiger partial charge is 0.479 e. The highest BCUT2D eigenvalue weighted by Gasteiger charge is 2.76. The molecule has 0 radical (unpaired) electrons. The van der Waals surface area contributed by atoms with E-state index in [9.17, 15) is 24.9 Å². The number of alkyl halides is 2. The van der Waals surface area contributed by atoms with Crippen LogP contribution >= 0.6 is 0 Å². The van der Waals surface area contributed by atoms with E-state index in [4.69, 9.17) is 0 Å². The summed E-state index contributed by atoms with van der Waals surface area (Å²) in [6, 6.07) is 0. The highest BCUT2D eigenvalue weighted by Crippen LogP contribution is 2.70. The topological polar surface area (TPSA) is 94.8 Å². The first-order chi connectivity index (χ1) is 12.8. The van der Waals surface area contributed by atoms with Crippen molar-refractivity contribution in [2.75, 3.05) is 0 Å². The first-order valence-corrected chi connectivity index (χ1v) is 9.76. The van der Waals surface area contributed by atoms with E-state index in [1.807, 2.05) is 0 Å². The second-order valence-electron chi connectivity index (χ2n) is 9.57. The predicted octanol–water partition coefficient (Wildman–Crippen LogP) is 2.37. The van der Waals surface area contributed by atoms with Gasteiger partial charge >= 0.3 is 5.97 Å². The molecule has 9 atom stereocenters. The van der Waals surface area contributed by atoms with Crippen LogP contribution in [-0.4, -0.2) is 50.6 Å². The summed E-state index contributed by atoms with van der Waals surface area (Å²) in [6.07, 6.45) is 0.214. The Hall–Kier alpha value is -1.60. The number of carboxylic acid groups (broad SMARTS) is 1. The maximum Gasteiger partial charge on any atom is 0.336 e. The Labute approximate surface area is 162 Å². The quantitative estimate of drug-likeness (QED) is 0.633. The Morgan fingerprint density at radius 3 is 2.50 bits per heavy atom. The number of aliphatic hydroxyl groups is 2. The van der Waals surface area contributed by atoms with Crippen LogP contribution in [0.4, 0.5) is 8.78 Å². The average molecular weight is 396 g/mol. The molecule has 28 heavy (non-hydrogen) atoms. The fourth-order valence-corrected chi connectivity index (χ4v) is 7.00. The van der Waals surface area contributed by atoms with Gasteiger partial charge in [0, 0.05) is 16.7 Å². The molecule has 4 rings (SSSR count). The van der Waals surface area contributed by atoms with Gasteiger partial charge in [-0.05, 0) is 55.7 Å². The van der Waals surface area contributed by atoms with Gasteiger partial charge in [-0.1, -0.05) is 19.9 Å². The lowest BCUT2D eigenvalue weighted by Crippen LogP contribution is -2.70. The van der Waals surface area contributed by atoms with Crippen molar-refractivity contribution in [2.45, 2.75) is 63.6 Å². The van der Waals surface area contributed by atoms with Gasteiger partial charge in [-0.15, -0.1) is 0 Å². The minimum absolute atomic E-state index is 0.0287. The first-order valence-electron chi connectivity index (χ1n) is 9.76. The van der Waals surface area contributed by atoms with Crippen molar-refractivity contribution in [3.8, 4) is 0 Å². The molecule has 1 unspecified atom stereocenters. The fraction of sp³-hybridized carbons (Fsp3) is 0.714. The van der Waals surface area contributed by atoms with Gasteiger partial charge in [0.1, 0.15) is 6.17 Å². The van der Waals surface area contributed by atoms with E-state index in [0.29, 0.717) is 0 Å². The lowest BCUT2D eigenvalue weighted by molar-refractivity contribution is -0.229. The Bertz CT molecular complexity index is 824. The van der Waals surface area contributed by atoms with Crippen LogP contribution in [0.15, 0.2) is 23.8 Å². The summed E-state index contributed by atoms with van der Waals surface area (Å²) in [5, 5.41) is 31.8. The second kappa shape index (κ2) is 5.51. The van der Waals surface area contributed by atoms with Crippen LogP contribution in [0.3, 0.4) is 0 Å². The molecule has 0 aromatic rings. The van der Waals surface area contributed by atoms with Gasteiger partial charge in [-0.25, -0.2) is 13.6 Å². The maximum absolute atomic E-state index is 16.8. The minimum Gasteiger partial charge on any atom is -0.479 e. The van der Waals surface area contributed by atoms with E-state index in [1.54, 1.807) is 13.8 Å². The molecule has 0 heterocycles. The molecule has 3 fully saturated rings. The standard InChI is InChI=1S/C21H26F2O5/c1-10-6-12-13-8-15(22)14-7-11(24)4-5-18(14,2)20(13,23)16(25)9-19(12,3)21(10,28)17(26)27/h4-5,7,10,12-13,15-16,25,28H,6,8-9H2,1-3H3,(H,26,27)/t10-,12+,13?,15+,16+,18+,19+,20+,21+/m1/s1. The number of hydrogen-bond acceptors (Lipinski definition) is 4. The van der Waals surface area contributed by atoms with Crippen molar-refractivity contribution in [3.05, 3.63) is 23.8 Å². The summed E-state index contributed by atoms with van der Waals surface area (Å²) in [7, 11) is 0. The van der Waals surface area contributed by atoms with Crippen LogP contribution in [0.5, 0.6) is 0 Å². The number of aliphatic hydroxyl groups excluding tert-OH is 1. The smallest absolute Gasteiger partial charge is 0.336 e. The highest BCUT2D eigenvalue weighted by molar-refractivity contribution is 6.01. The van der Waals surface area contributed by atoms with Gasteiger partial charge in [-0.3, -0.25) is 4.79 Å². The lowest BCUT2D eigenvalue weighted by Gasteiger charge is -2.62. The van der Waals surface area contributed by atoms with Crippen LogP contribution in [-0.2, 0) is 9.59 Å². The number of carboxylic acids is 1. The normalized spacial score (nSPS) is 55.2. The van der Waals surface area contributed by atoms with Crippen LogP contribution in [0, 0.1) is 28.6 Å². The summed E-state index contributed by atoms with van der Waals surface area (Å²) >= 11 is 0. The summed E-state index contributed by atoms with van der Waals surface area (Å²) < 4.78 is 31.9. The molecule has 0 amide bonds. The molecule has 0 saturated heterocycles. The third-order valence-electron chi connectivity index (χ3n) is 8.54.